The van der Waals surface area contributed by atoms with E-state index in [0.29, 0.717) is 12.7 Å². The van der Waals surface area contributed by atoms with Gasteiger partial charge in [-0.2, -0.15) is 0 Å². The fourth-order valence-electron chi connectivity index (χ4n) is 4.18. The molecule has 1 atom stereocenters. The summed E-state index contributed by atoms with van der Waals surface area (Å²) in [6.45, 7) is 2.64. The van der Waals surface area contributed by atoms with Crippen LogP contribution in [0.2, 0.25) is 6.32 Å². The molecule has 0 saturated carbocycles. The van der Waals surface area contributed by atoms with E-state index in [0.717, 1.165) is 45.3 Å². The van der Waals surface area contributed by atoms with Crippen molar-refractivity contribution >= 4 is 24.7 Å². The minimum Gasteiger partial charge on any atom is -0.480 e. The number of likely N-dealkylation sites (tertiary alicyclic amines) is 1. The highest BCUT2D eigenvalue weighted by atomic mass is 16.4. The minimum atomic E-state index is -1.12. The van der Waals surface area contributed by atoms with E-state index in [-0.39, 0.29) is 5.92 Å². The third-order valence-electron chi connectivity index (χ3n) is 5.83. The standard InChI is InChI=1S/C20H28BN3O2/c21-10-2-1-9-20(22,19(25)26)17-7-12-24(13-8-17)14-16-5-3-4-15-6-11-23-18(15)16/h3-6,11,17,23H,1-2,7-10,12-14,22H2,(H,25,26). The van der Waals surface area contributed by atoms with Crippen LogP contribution in [0.5, 0.6) is 0 Å². The van der Waals surface area contributed by atoms with Crippen molar-refractivity contribution in [2.24, 2.45) is 11.7 Å². The Kier molecular flexibility index (Phi) is 6.04. The number of fused-ring (bicyclic) bond motifs is 1. The summed E-state index contributed by atoms with van der Waals surface area (Å²) < 4.78 is 0. The Labute approximate surface area is 156 Å². The average Bonchev–Trinajstić information content (AvgIpc) is 3.12. The lowest BCUT2D eigenvalue weighted by molar-refractivity contribution is -0.147. The summed E-state index contributed by atoms with van der Waals surface area (Å²) in [5.74, 6) is -0.848. The molecule has 1 aliphatic heterocycles. The number of hydrogen-bond donors (Lipinski definition) is 3. The van der Waals surface area contributed by atoms with Gasteiger partial charge in [-0.05, 0) is 55.3 Å². The monoisotopic (exact) mass is 353 g/mol. The second-order valence-corrected chi connectivity index (χ2v) is 7.50. The van der Waals surface area contributed by atoms with Gasteiger partial charge in [0.05, 0.1) is 7.85 Å². The van der Waals surface area contributed by atoms with Crippen LogP contribution in [0.4, 0.5) is 0 Å². The predicted molar refractivity (Wildman–Crippen MR) is 105 cm³/mol. The number of para-hydroxylation sites is 1. The molecule has 5 nitrogen and oxygen atoms in total. The van der Waals surface area contributed by atoms with Crippen LogP contribution in [0, 0.1) is 5.92 Å². The van der Waals surface area contributed by atoms with Gasteiger partial charge < -0.3 is 15.8 Å². The predicted octanol–water partition coefficient (Wildman–Crippen LogP) is 2.92. The van der Waals surface area contributed by atoms with Crippen molar-refractivity contribution in [3.63, 3.8) is 0 Å². The lowest BCUT2D eigenvalue weighted by atomic mass is 9.75. The fourth-order valence-corrected chi connectivity index (χ4v) is 4.18. The van der Waals surface area contributed by atoms with Crippen LogP contribution in [-0.2, 0) is 11.3 Å². The Morgan fingerprint density at radius 3 is 2.77 bits per heavy atom. The van der Waals surface area contributed by atoms with Gasteiger partial charge in [0.15, 0.2) is 0 Å². The molecule has 1 aromatic carbocycles. The van der Waals surface area contributed by atoms with Crippen molar-refractivity contribution in [3.8, 4) is 0 Å². The van der Waals surface area contributed by atoms with E-state index in [1.807, 2.05) is 6.20 Å². The lowest BCUT2D eigenvalue weighted by Gasteiger charge is -2.40. The lowest BCUT2D eigenvalue weighted by Crippen LogP contribution is -2.56. The second-order valence-electron chi connectivity index (χ2n) is 7.50. The van der Waals surface area contributed by atoms with Crippen LogP contribution < -0.4 is 5.73 Å². The summed E-state index contributed by atoms with van der Waals surface area (Å²) >= 11 is 0. The highest BCUT2D eigenvalue weighted by Crippen LogP contribution is 2.32. The molecule has 2 heterocycles. The van der Waals surface area contributed by atoms with Crippen LogP contribution in [0.3, 0.4) is 0 Å². The smallest absolute Gasteiger partial charge is 0.323 e. The van der Waals surface area contributed by atoms with E-state index in [2.05, 4.69) is 34.1 Å². The number of nitrogens with zero attached hydrogens (tertiary/aromatic N) is 1. The van der Waals surface area contributed by atoms with Crippen LogP contribution in [0.1, 0.15) is 37.7 Å². The first-order valence-electron chi connectivity index (χ1n) is 9.54. The van der Waals surface area contributed by atoms with E-state index in [1.165, 1.54) is 16.5 Å². The first kappa shape index (κ1) is 19.0. The summed E-state index contributed by atoms with van der Waals surface area (Å²) in [5.41, 5.74) is 7.70. The highest BCUT2D eigenvalue weighted by Gasteiger charge is 2.42. The molecule has 0 aliphatic carbocycles. The van der Waals surface area contributed by atoms with Gasteiger partial charge in [0, 0.05) is 18.3 Å². The van der Waals surface area contributed by atoms with E-state index < -0.39 is 11.5 Å². The van der Waals surface area contributed by atoms with Crippen molar-refractivity contribution in [2.75, 3.05) is 13.1 Å². The Hall–Kier alpha value is -1.79. The molecule has 1 aromatic heterocycles. The van der Waals surface area contributed by atoms with Crippen LogP contribution in [0.15, 0.2) is 30.5 Å². The molecule has 138 valence electrons. The van der Waals surface area contributed by atoms with Crippen LogP contribution in [-0.4, -0.2) is 47.4 Å². The van der Waals surface area contributed by atoms with E-state index in [9.17, 15) is 9.90 Å². The van der Waals surface area contributed by atoms with Gasteiger partial charge in [0.1, 0.15) is 5.54 Å². The quantitative estimate of drug-likeness (QED) is 0.503. The first-order chi connectivity index (χ1) is 12.5. The molecule has 2 aromatic rings. The Balaban J connectivity index is 1.61. The van der Waals surface area contributed by atoms with Gasteiger partial charge in [-0.1, -0.05) is 37.4 Å². The number of nitrogens with two attached hydrogens (primary N) is 1. The maximum absolute atomic E-state index is 11.8. The maximum Gasteiger partial charge on any atom is 0.323 e. The number of aromatic nitrogens is 1. The normalized spacial score (nSPS) is 18.8. The van der Waals surface area contributed by atoms with Crippen LogP contribution in [0.25, 0.3) is 10.9 Å². The maximum atomic E-state index is 11.8. The molecular formula is C20H28BN3O2. The zero-order valence-electron chi connectivity index (χ0n) is 15.3. The SMILES string of the molecule is [B]CCCCC(N)(C(=O)O)C1CCN(Cc2cccc3cc[nH]c23)CC1. The molecule has 0 spiro atoms. The molecule has 2 radical (unpaired) electrons. The molecular weight excluding hydrogens is 325 g/mol. The number of H-pyrrole nitrogens is 1. The number of aromatic amines is 1. The Bertz CT molecular complexity index is 739. The molecule has 1 aliphatic rings. The minimum absolute atomic E-state index is 0.0234. The Morgan fingerprint density at radius 2 is 2.08 bits per heavy atom. The van der Waals surface area contributed by atoms with Gasteiger partial charge in [-0.15, -0.1) is 0 Å². The summed E-state index contributed by atoms with van der Waals surface area (Å²) in [4.78, 5) is 17.5. The number of aliphatic carboxylic acids is 1. The number of benzene rings is 1. The molecule has 6 heteroatoms. The molecule has 0 bridgehead atoms. The fraction of sp³-hybridized carbons (Fsp3) is 0.550. The van der Waals surface area contributed by atoms with Gasteiger partial charge >= 0.3 is 5.97 Å². The summed E-state index contributed by atoms with van der Waals surface area (Å²) in [5, 5.41) is 10.9. The van der Waals surface area contributed by atoms with E-state index in [4.69, 9.17) is 13.6 Å². The Morgan fingerprint density at radius 1 is 1.31 bits per heavy atom. The van der Waals surface area contributed by atoms with Crippen molar-refractivity contribution < 1.29 is 9.90 Å². The third kappa shape index (κ3) is 3.97. The number of carboxylic acid groups (broad SMARTS) is 1. The molecule has 0 amide bonds. The number of piperidine rings is 1. The highest BCUT2D eigenvalue weighted by molar-refractivity contribution is 6.08. The number of nitrogens with one attached hydrogen (secondary N) is 1. The van der Waals surface area contributed by atoms with Gasteiger partial charge in [-0.3, -0.25) is 9.69 Å². The molecule has 3 rings (SSSR count). The van der Waals surface area contributed by atoms with E-state index in [1.54, 1.807) is 0 Å². The number of rotatable bonds is 8. The second kappa shape index (κ2) is 8.27. The zero-order chi connectivity index (χ0) is 18.6. The molecule has 1 fully saturated rings. The van der Waals surface area contributed by atoms with E-state index >= 15 is 0 Å². The topological polar surface area (TPSA) is 82.3 Å². The van der Waals surface area contributed by atoms with Crippen molar-refractivity contribution in [1.29, 1.82) is 0 Å². The summed E-state index contributed by atoms with van der Waals surface area (Å²) in [7, 11) is 5.54. The zero-order valence-corrected chi connectivity index (χ0v) is 15.3. The van der Waals surface area contributed by atoms with Crippen LogP contribution >= 0.6 is 0 Å². The van der Waals surface area contributed by atoms with Gasteiger partial charge in [0.2, 0.25) is 0 Å². The first-order valence-corrected chi connectivity index (χ1v) is 9.54. The van der Waals surface area contributed by atoms with Gasteiger partial charge in [-0.25, -0.2) is 0 Å². The average molecular weight is 353 g/mol. The van der Waals surface area contributed by atoms with Crippen molar-refractivity contribution in [1.82, 2.24) is 9.88 Å². The van der Waals surface area contributed by atoms with Gasteiger partial charge in [0.25, 0.3) is 0 Å². The number of hydrogen-bond acceptors (Lipinski definition) is 3. The number of carbonyl (C=O) groups is 1. The summed E-state index contributed by atoms with van der Waals surface area (Å²) in [6.07, 6.45) is 6.31. The van der Waals surface area contributed by atoms with Crippen molar-refractivity contribution in [2.45, 2.75) is 50.5 Å². The van der Waals surface area contributed by atoms with Crippen molar-refractivity contribution in [3.05, 3.63) is 36.0 Å². The molecule has 26 heavy (non-hydrogen) atoms. The molecule has 1 saturated heterocycles. The number of carboxylic acids is 1. The largest absolute Gasteiger partial charge is 0.480 e. The molecule has 4 N–H and O–H groups in total. The third-order valence-corrected chi connectivity index (χ3v) is 5.83. The summed E-state index contributed by atoms with van der Waals surface area (Å²) in [6, 6.07) is 8.44. The number of unbranched alkanes of at least 4 members (excludes halogenated alkanes) is 1. The molecule has 1 unspecified atom stereocenters.